The molecule has 0 aliphatic heterocycles. The van der Waals surface area contributed by atoms with E-state index in [0.717, 1.165) is 30.8 Å². The molecule has 22 heavy (non-hydrogen) atoms. The molecule has 2 heteroatoms. The fourth-order valence-corrected chi connectivity index (χ4v) is 2.40. The summed E-state index contributed by atoms with van der Waals surface area (Å²) in [5, 5.41) is 0. The number of benzene rings is 2. The second kappa shape index (κ2) is 9.04. The van der Waals surface area contributed by atoms with Gasteiger partial charge in [-0.15, -0.1) is 0 Å². The van der Waals surface area contributed by atoms with Gasteiger partial charge in [0.05, 0.1) is 6.61 Å². The van der Waals surface area contributed by atoms with Crippen LogP contribution in [-0.4, -0.2) is 12.4 Å². The van der Waals surface area contributed by atoms with Gasteiger partial charge in [-0.1, -0.05) is 55.3 Å². The van der Waals surface area contributed by atoms with Crippen molar-refractivity contribution >= 4 is 5.78 Å². The fraction of sp³-hybridized carbons (Fsp3) is 0.350. The number of rotatable bonds is 9. The summed E-state index contributed by atoms with van der Waals surface area (Å²) in [6.07, 6.45) is 5.77. The third kappa shape index (κ3) is 5.72. The van der Waals surface area contributed by atoms with Crippen molar-refractivity contribution < 1.29 is 9.53 Å². The molecule has 0 aromatic heterocycles. The van der Waals surface area contributed by atoms with E-state index in [1.807, 2.05) is 42.5 Å². The van der Waals surface area contributed by atoms with Gasteiger partial charge in [0.1, 0.15) is 5.75 Å². The van der Waals surface area contributed by atoms with Gasteiger partial charge in [0, 0.05) is 5.56 Å². The van der Waals surface area contributed by atoms with Gasteiger partial charge in [0.25, 0.3) is 0 Å². The average molecular weight is 296 g/mol. The van der Waals surface area contributed by atoms with Crippen LogP contribution in [0.5, 0.6) is 5.75 Å². The zero-order valence-electron chi connectivity index (χ0n) is 13.3. The average Bonchev–Trinajstić information content (AvgIpc) is 2.55. The van der Waals surface area contributed by atoms with Gasteiger partial charge in [0.2, 0.25) is 0 Å². The molecule has 0 spiro atoms. The fourth-order valence-electron chi connectivity index (χ4n) is 2.40. The minimum Gasteiger partial charge on any atom is -0.494 e. The van der Waals surface area contributed by atoms with E-state index in [0.29, 0.717) is 0 Å². The Kier molecular flexibility index (Phi) is 6.69. The SMILES string of the molecule is CC(=O)c1ccc(CCCCCCOc2ccccc2)cc1. The summed E-state index contributed by atoms with van der Waals surface area (Å²) in [4.78, 5) is 11.2. The molecule has 2 rings (SSSR count). The van der Waals surface area contributed by atoms with E-state index in [9.17, 15) is 4.79 Å². The van der Waals surface area contributed by atoms with Crippen molar-refractivity contribution in [3.05, 3.63) is 65.7 Å². The van der Waals surface area contributed by atoms with Gasteiger partial charge in [-0.2, -0.15) is 0 Å². The zero-order valence-corrected chi connectivity index (χ0v) is 13.3. The monoisotopic (exact) mass is 296 g/mol. The number of para-hydroxylation sites is 1. The number of hydrogen-bond acceptors (Lipinski definition) is 2. The van der Waals surface area contributed by atoms with Crippen molar-refractivity contribution in [2.45, 2.75) is 39.0 Å². The number of carbonyl (C=O) groups excluding carboxylic acids is 1. The van der Waals surface area contributed by atoms with Gasteiger partial charge < -0.3 is 4.74 Å². The molecule has 0 heterocycles. The topological polar surface area (TPSA) is 26.3 Å². The zero-order chi connectivity index (χ0) is 15.6. The summed E-state index contributed by atoms with van der Waals surface area (Å²) in [7, 11) is 0. The van der Waals surface area contributed by atoms with Crippen molar-refractivity contribution in [1.29, 1.82) is 0 Å². The van der Waals surface area contributed by atoms with Crippen molar-refractivity contribution in [3.8, 4) is 5.75 Å². The van der Waals surface area contributed by atoms with Crippen LogP contribution in [0.1, 0.15) is 48.5 Å². The first-order valence-electron chi connectivity index (χ1n) is 8.03. The molecule has 0 saturated carbocycles. The molecule has 0 aliphatic carbocycles. The first kappa shape index (κ1) is 16.3. The minimum atomic E-state index is 0.130. The predicted octanol–water partition coefficient (Wildman–Crippen LogP) is 5.07. The first-order chi connectivity index (χ1) is 10.8. The lowest BCUT2D eigenvalue weighted by Crippen LogP contribution is -1.97. The molecule has 0 radical (unpaired) electrons. The lowest BCUT2D eigenvalue weighted by atomic mass is 10.0. The van der Waals surface area contributed by atoms with Gasteiger partial charge in [-0.25, -0.2) is 0 Å². The summed E-state index contributed by atoms with van der Waals surface area (Å²) in [6, 6.07) is 17.9. The Morgan fingerprint density at radius 1 is 0.864 bits per heavy atom. The van der Waals surface area contributed by atoms with Crippen LogP contribution < -0.4 is 4.74 Å². The van der Waals surface area contributed by atoms with Crippen LogP contribution >= 0.6 is 0 Å². The van der Waals surface area contributed by atoms with E-state index in [1.165, 1.54) is 24.8 Å². The molecule has 0 N–H and O–H groups in total. The highest BCUT2D eigenvalue weighted by Gasteiger charge is 1.99. The van der Waals surface area contributed by atoms with Gasteiger partial charge >= 0.3 is 0 Å². The maximum Gasteiger partial charge on any atom is 0.159 e. The Labute approximate surface area is 133 Å². The van der Waals surface area contributed by atoms with Crippen LogP contribution in [0.4, 0.5) is 0 Å². The third-order valence-corrected chi connectivity index (χ3v) is 3.73. The second-order valence-electron chi connectivity index (χ2n) is 5.58. The van der Waals surface area contributed by atoms with Crippen LogP contribution in [0, 0.1) is 0 Å². The van der Waals surface area contributed by atoms with Gasteiger partial charge in [-0.3, -0.25) is 4.79 Å². The van der Waals surface area contributed by atoms with Crippen LogP contribution in [0.25, 0.3) is 0 Å². The molecule has 0 aliphatic rings. The van der Waals surface area contributed by atoms with Crippen molar-refractivity contribution in [2.24, 2.45) is 0 Å². The maximum absolute atomic E-state index is 11.2. The van der Waals surface area contributed by atoms with Crippen molar-refractivity contribution in [3.63, 3.8) is 0 Å². The number of ether oxygens (including phenoxy) is 1. The van der Waals surface area contributed by atoms with E-state index >= 15 is 0 Å². The first-order valence-corrected chi connectivity index (χ1v) is 8.03. The molecule has 0 unspecified atom stereocenters. The van der Waals surface area contributed by atoms with Crippen LogP contribution in [0.3, 0.4) is 0 Å². The van der Waals surface area contributed by atoms with E-state index < -0.39 is 0 Å². The summed E-state index contributed by atoms with van der Waals surface area (Å²) in [6.45, 7) is 2.39. The number of aryl methyl sites for hydroxylation is 1. The largest absolute Gasteiger partial charge is 0.494 e. The summed E-state index contributed by atoms with van der Waals surface area (Å²) < 4.78 is 5.67. The van der Waals surface area contributed by atoms with Crippen LogP contribution in [0.2, 0.25) is 0 Å². The Morgan fingerprint density at radius 2 is 1.55 bits per heavy atom. The second-order valence-corrected chi connectivity index (χ2v) is 5.58. The normalized spacial score (nSPS) is 10.4. The molecule has 0 fully saturated rings. The summed E-state index contributed by atoms with van der Waals surface area (Å²) >= 11 is 0. The molecule has 116 valence electrons. The minimum absolute atomic E-state index is 0.130. The molecule has 0 bridgehead atoms. The summed E-state index contributed by atoms with van der Waals surface area (Å²) in [5.74, 6) is 1.08. The van der Waals surface area contributed by atoms with Gasteiger partial charge in [-0.05, 0) is 43.9 Å². The Hall–Kier alpha value is -2.09. The molecular formula is C20H24O2. The van der Waals surface area contributed by atoms with E-state index in [4.69, 9.17) is 4.74 Å². The highest BCUT2D eigenvalue weighted by atomic mass is 16.5. The number of carbonyl (C=O) groups is 1. The lowest BCUT2D eigenvalue weighted by Gasteiger charge is -2.06. The highest BCUT2D eigenvalue weighted by molar-refractivity contribution is 5.93. The quantitative estimate of drug-likeness (QED) is 0.477. The molecule has 2 nitrogen and oxygen atoms in total. The van der Waals surface area contributed by atoms with E-state index in [2.05, 4.69) is 12.1 Å². The maximum atomic E-state index is 11.2. The number of unbranched alkanes of at least 4 members (excludes halogenated alkanes) is 3. The molecule has 2 aromatic rings. The smallest absolute Gasteiger partial charge is 0.159 e. The van der Waals surface area contributed by atoms with E-state index in [1.54, 1.807) is 6.92 Å². The molecule has 0 saturated heterocycles. The predicted molar refractivity (Wildman–Crippen MR) is 90.6 cm³/mol. The Balaban J connectivity index is 1.55. The third-order valence-electron chi connectivity index (χ3n) is 3.73. The number of hydrogen-bond donors (Lipinski definition) is 0. The Morgan fingerprint density at radius 3 is 2.23 bits per heavy atom. The summed E-state index contributed by atoms with van der Waals surface area (Å²) in [5.41, 5.74) is 2.10. The standard InChI is InChI=1S/C20H24O2/c1-17(21)19-14-12-18(13-15-19)9-5-2-3-8-16-22-20-10-6-4-7-11-20/h4,6-7,10-15H,2-3,5,8-9,16H2,1H3. The van der Waals surface area contributed by atoms with Crippen molar-refractivity contribution in [1.82, 2.24) is 0 Å². The van der Waals surface area contributed by atoms with Crippen molar-refractivity contribution in [2.75, 3.05) is 6.61 Å². The number of ketones is 1. The highest BCUT2D eigenvalue weighted by Crippen LogP contribution is 2.12. The van der Waals surface area contributed by atoms with Gasteiger partial charge in [0.15, 0.2) is 5.78 Å². The molecule has 0 amide bonds. The molecular weight excluding hydrogens is 272 g/mol. The van der Waals surface area contributed by atoms with E-state index in [-0.39, 0.29) is 5.78 Å². The Bertz CT molecular complexity index is 558. The molecule has 2 aromatic carbocycles. The molecule has 0 atom stereocenters. The lowest BCUT2D eigenvalue weighted by molar-refractivity contribution is 0.101. The number of Topliss-reactive ketones (excluding diaryl/α,β-unsaturated/α-hetero) is 1. The van der Waals surface area contributed by atoms with Crippen LogP contribution in [-0.2, 0) is 6.42 Å². The van der Waals surface area contributed by atoms with Crippen LogP contribution in [0.15, 0.2) is 54.6 Å².